The van der Waals surface area contributed by atoms with Gasteiger partial charge in [-0.15, -0.1) is 0 Å². The Morgan fingerprint density at radius 2 is 2.19 bits per heavy atom. The van der Waals surface area contributed by atoms with Crippen molar-refractivity contribution in [3.63, 3.8) is 0 Å². The van der Waals surface area contributed by atoms with Gasteiger partial charge in [0.15, 0.2) is 0 Å². The second-order valence-corrected chi connectivity index (χ2v) is 3.37. The fourth-order valence-electron chi connectivity index (χ4n) is 1.55. The number of nitriles is 1. The number of aromatic nitrogens is 1. The van der Waals surface area contributed by atoms with Gasteiger partial charge < -0.3 is 5.11 Å². The fraction of sp³-hybridized carbons (Fsp3) is 0.0833. The minimum Gasteiger partial charge on any atom is -0.481 e. The van der Waals surface area contributed by atoms with Gasteiger partial charge in [-0.3, -0.25) is 4.79 Å². The van der Waals surface area contributed by atoms with Gasteiger partial charge in [0, 0.05) is 10.9 Å². The standard InChI is InChI=1S/C12H8N2O2/c13-7-11-9(6-12(15)16)5-8-3-1-2-4-10(8)14-11/h1-5H,6H2,(H,15,16). The molecule has 0 spiro atoms. The van der Waals surface area contributed by atoms with E-state index in [1.165, 1.54) is 0 Å². The molecular weight excluding hydrogens is 204 g/mol. The third-order valence-corrected chi connectivity index (χ3v) is 2.25. The van der Waals surface area contributed by atoms with Crippen LogP contribution in [0.25, 0.3) is 10.9 Å². The van der Waals surface area contributed by atoms with Crippen molar-refractivity contribution < 1.29 is 9.90 Å². The number of benzene rings is 1. The van der Waals surface area contributed by atoms with Gasteiger partial charge in [-0.2, -0.15) is 5.26 Å². The van der Waals surface area contributed by atoms with Crippen molar-refractivity contribution in [2.24, 2.45) is 0 Å². The number of carbonyl (C=O) groups is 1. The van der Waals surface area contributed by atoms with E-state index >= 15 is 0 Å². The molecule has 0 atom stereocenters. The summed E-state index contributed by atoms with van der Waals surface area (Å²) in [6.45, 7) is 0. The molecule has 4 nitrogen and oxygen atoms in total. The van der Waals surface area contributed by atoms with E-state index in [1.54, 1.807) is 12.1 Å². The second kappa shape index (κ2) is 3.99. The van der Waals surface area contributed by atoms with Crippen molar-refractivity contribution in [2.75, 3.05) is 0 Å². The number of hydrogen-bond donors (Lipinski definition) is 1. The minimum atomic E-state index is -0.964. The van der Waals surface area contributed by atoms with Gasteiger partial charge in [-0.05, 0) is 12.1 Å². The number of rotatable bonds is 2. The molecule has 0 amide bonds. The van der Waals surface area contributed by atoms with Crippen LogP contribution in [0.2, 0.25) is 0 Å². The number of hydrogen-bond acceptors (Lipinski definition) is 3. The summed E-state index contributed by atoms with van der Waals surface area (Å²) in [7, 11) is 0. The Balaban J connectivity index is 2.64. The van der Waals surface area contributed by atoms with Crippen LogP contribution in [-0.2, 0) is 11.2 Å². The molecule has 0 unspecified atom stereocenters. The highest BCUT2D eigenvalue weighted by atomic mass is 16.4. The Morgan fingerprint density at radius 3 is 2.88 bits per heavy atom. The Kier molecular flexibility index (Phi) is 2.52. The number of nitrogens with zero attached hydrogens (tertiary/aromatic N) is 2. The largest absolute Gasteiger partial charge is 0.481 e. The first kappa shape index (κ1) is 10.1. The number of aliphatic carboxylic acids is 1. The van der Waals surface area contributed by atoms with Gasteiger partial charge in [-0.25, -0.2) is 4.98 Å². The highest BCUT2D eigenvalue weighted by molar-refractivity contribution is 5.81. The van der Waals surface area contributed by atoms with Crippen molar-refractivity contribution >= 4 is 16.9 Å². The van der Waals surface area contributed by atoms with Crippen molar-refractivity contribution in [3.05, 3.63) is 41.6 Å². The van der Waals surface area contributed by atoms with E-state index in [2.05, 4.69) is 4.98 Å². The third kappa shape index (κ3) is 1.84. The molecule has 4 heteroatoms. The van der Waals surface area contributed by atoms with E-state index in [0.29, 0.717) is 11.1 Å². The Labute approximate surface area is 91.8 Å². The highest BCUT2D eigenvalue weighted by Crippen LogP contribution is 2.16. The zero-order valence-electron chi connectivity index (χ0n) is 8.34. The first-order chi connectivity index (χ1) is 7.70. The first-order valence-corrected chi connectivity index (χ1v) is 4.71. The topological polar surface area (TPSA) is 74.0 Å². The van der Waals surface area contributed by atoms with Crippen LogP contribution in [0.3, 0.4) is 0 Å². The monoisotopic (exact) mass is 212 g/mol. The summed E-state index contributed by atoms with van der Waals surface area (Å²) in [6.07, 6.45) is -0.180. The predicted octanol–water partition coefficient (Wildman–Crippen LogP) is 1.73. The van der Waals surface area contributed by atoms with E-state index < -0.39 is 5.97 Å². The fourth-order valence-corrected chi connectivity index (χ4v) is 1.55. The van der Waals surface area contributed by atoms with Gasteiger partial charge in [0.05, 0.1) is 11.9 Å². The smallest absolute Gasteiger partial charge is 0.307 e. The molecule has 16 heavy (non-hydrogen) atoms. The van der Waals surface area contributed by atoms with Gasteiger partial charge in [0.2, 0.25) is 0 Å². The number of para-hydroxylation sites is 1. The molecule has 2 rings (SSSR count). The van der Waals surface area contributed by atoms with E-state index in [0.717, 1.165) is 5.39 Å². The lowest BCUT2D eigenvalue weighted by atomic mass is 10.1. The van der Waals surface area contributed by atoms with E-state index in [1.807, 2.05) is 24.3 Å². The lowest BCUT2D eigenvalue weighted by Gasteiger charge is -2.03. The second-order valence-electron chi connectivity index (χ2n) is 3.37. The SMILES string of the molecule is N#Cc1nc2ccccc2cc1CC(=O)O. The number of carboxylic acid groups (broad SMARTS) is 1. The molecule has 0 aliphatic rings. The third-order valence-electron chi connectivity index (χ3n) is 2.25. The van der Waals surface area contributed by atoms with Crippen LogP contribution in [0.4, 0.5) is 0 Å². The van der Waals surface area contributed by atoms with Crippen LogP contribution in [0.5, 0.6) is 0 Å². The molecule has 0 bridgehead atoms. The predicted molar refractivity (Wildman–Crippen MR) is 57.8 cm³/mol. The van der Waals surface area contributed by atoms with Crippen molar-refractivity contribution in [3.8, 4) is 6.07 Å². The van der Waals surface area contributed by atoms with Crippen LogP contribution in [-0.4, -0.2) is 16.1 Å². The molecular formula is C12H8N2O2. The van der Waals surface area contributed by atoms with Gasteiger partial charge in [0.1, 0.15) is 11.8 Å². The van der Waals surface area contributed by atoms with Crippen molar-refractivity contribution in [1.82, 2.24) is 4.98 Å². The van der Waals surface area contributed by atoms with E-state index in [-0.39, 0.29) is 12.1 Å². The van der Waals surface area contributed by atoms with Crippen molar-refractivity contribution in [1.29, 1.82) is 5.26 Å². The number of pyridine rings is 1. The van der Waals surface area contributed by atoms with Crippen LogP contribution >= 0.6 is 0 Å². The molecule has 0 saturated carbocycles. The van der Waals surface area contributed by atoms with Crippen molar-refractivity contribution in [2.45, 2.75) is 6.42 Å². The lowest BCUT2D eigenvalue weighted by molar-refractivity contribution is -0.136. The summed E-state index contributed by atoms with van der Waals surface area (Å²) in [5.74, 6) is -0.964. The first-order valence-electron chi connectivity index (χ1n) is 4.71. The molecule has 0 radical (unpaired) electrons. The minimum absolute atomic E-state index is 0.180. The zero-order chi connectivity index (χ0) is 11.5. The van der Waals surface area contributed by atoms with Gasteiger partial charge >= 0.3 is 5.97 Å². The Bertz CT molecular complexity index is 599. The van der Waals surface area contributed by atoms with Gasteiger partial charge in [-0.1, -0.05) is 18.2 Å². The Hall–Kier alpha value is -2.41. The quantitative estimate of drug-likeness (QED) is 0.822. The average molecular weight is 212 g/mol. The summed E-state index contributed by atoms with van der Waals surface area (Å²) in [6, 6.07) is 10.9. The average Bonchev–Trinajstić information content (AvgIpc) is 2.27. The summed E-state index contributed by atoms with van der Waals surface area (Å²) < 4.78 is 0. The number of carboxylic acids is 1. The maximum absolute atomic E-state index is 10.6. The summed E-state index contributed by atoms with van der Waals surface area (Å²) in [5.41, 5.74) is 1.34. The Morgan fingerprint density at radius 1 is 1.44 bits per heavy atom. The van der Waals surface area contributed by atoms with E-state index in [4.69, 9.17) is 10.4 Å². The maximum Gasteiger partial charge on any atom is 0.307 e. The van der Waals surface area contributed by atoms with Crippen LogP contribution < -0.4 is 0 Å². The molecule has 1 aromatic carbocycles. The molecule has 2 aromatic rings. The van der Waals surface area contributed by atoms with Crippen LogP contribution in [0, 0.1) is 11.3 Å². The summed E-state index contributed by atoms with van der Waals surface area (Å²) in [4.78, 5) is 14.8. The van der Waals surface area contributed by atoms with E-state index in [9.17, 15) is 4.79 Å². The molecule has 78 valence electrons. The zero-order valence-corrected chi connectivity index (χ0v) is 8.34. The lowest BCUT2D eigenvalue weighted by Crippen LogP contribution is -2.03. The molecule has 0 fully saturated rings. The van der Waals surface area contributed by atoms with Crippen LogP contribution in [0.1, 0.15) is 11.3 Å². The normalized spacial score (nSPS) is 9.94. The van der Waals surface area contributed by atoms with Gasteiger partial charge in [0.25, 0.3) is 0 Å². The summed E-state index contributed by atoms with van der Waals surface area (Å²) >= 11 is 0. The highest BCUT2D eigenvalue weighted by Gasteiger charge is 2.09. The molecule has 1 N–H and O–H groups in total. The molecule has 1 aromatic heterocycles. The molecule has 0 saturated heterocycles. The molecule has 1 heterocycles. The molecule has 0 aliphatic heterocycles. The number of fused-ring (bicyclic) bond motifs is 1. The maximum atomic E-state index is 10.6. The molecule has 0 aliphatic carbocycles. The van der Waals surface area contributed by atoms with Crippen LogP contribution in [0.15, 0.2) is 30.3 Å². The summed E-state index contributed by atoms with van der Waals surface area (Å²) in [5, 5.41) is 18.5.